The predicted octanol–water partition coefficient (Wildman–Crippen LogP) is 3.49. The third-order valence-corrected chi connectivity index (χ3v) is 6.27. The van der Waals surface area contributed by atoms with E-state index in [1.807, 2.05) is 19.1 Å². The number of ether oxygens (including phenoxy) is 1. The number of aryl methyl sites for hydroxylation is 2. The Bertz CT molecular complexity index is 970. The van der Waals surface area contributed by atoms with Crippen molar-refractivity contribution in [1.29, 1.82) is 0 Å². The van der Waals surface area contributed by atoms with Gasteiger partial charge in [0.25, 0.3) is 10.0 Å². The second kappa shape index (κ2) is 7.60. The number of nitrogens with zero attached hydrogens (tertiary/aromatic N) is 1. The highest BCUT2D eigenvalue weighted by atomic mass is 32.2. The standard InChI is InChI=1S/C20H24N2O4S/c1-4-20(23)22-11-5-6-15-13-16(7-9-18(15)22)21-27(24,25)19-10-8-17(26-3)12-14(19)2/h7-10,12-13,21H,4-6,11H2,1-3H3. The summed E-state index contributed by atoms with van der Waals surface area (Å²) in [6, 6.07) is 10.2. The predicted molar refractivity (Wildman–Crippen MR) is 106 cm³/mol. The van der Waals surface area contributed by atoms with Crippen LogP contribution in [0, 0.1) is 6.92 Å². The van der Waals surface area contributed by atoms with Crippen LogP contribution in [0.2, 0.25) is 0 Å². The molecule has 1 amide bonds. The molecule has 3 rings (SSSR count). The molecule has 1 N–H and O–H groups in total. The lowest BCUT2D eigenvalue weighted by atomic mass is 10.0. The quantitative estimate of drug-likeness (QED) is 0.851. The molecule has 0 unspecified atom stereocenters. The minimum atomic E-state index is -3.72. The second-order valence-corrected chi connectivity index (χ2v) is 8.23. The molecule has 0 saturated heterocycles. The van der Waals surface area contributed by atoms with Gasteiger partial charge < -0.3 is 9.64 Å². The van der Waals surface area contributed by atoms with Crippen molar-refractivity contribution in [2.75, 3.05) is 23.3 Å². The average molecular weight is 388 g/mol. The van der Waals surface area contributed by atoms with Gasteiger partial charge in [0.15, 0.2) is 0 Å². The fourth-order valence-electron chi connectivity index (χ4n) is 3.37. The Labute approximate surface area is 160 Å². The number of methoxy groups -OCH3 is 1. The molecule has 0 spiro atoms. The van der Waals surface area contributed by atoms with Crippen LogP contribution in [0.3, 0.4) is 0 Å². The summed E-state index contributed by atoms with van der Waals surface area (Å²) in [6.07, 6.45) is 2.14. The van der Waals surface area contributed by atoms with E-state index in [9.17, 15) is 13.2 Å². The zero-order valence-corrected chi connectivity index (χ0v) is 16.6. The van der Waals surface area contributed by atoms with Crippen molar-refractivity contribution in [2.45, 2.75) is 38.0 Å². The van der Waals surface area contributed by atoms with Gasteiger partial charge in [0.1, 0.15) is 5.75 Å². The highest BCUT2D eigenvalue weighted by molar-refractivity contribution is 7.92. The molecule has 1 heterocycles. The fourth-order valence-corrected chi connectivity index (χ4v) is 4.65. The minimum Gasteiger partial charge on any atom is -0.497 e. The zero-order chi connectivity index (χ0) is 19.6. The summed E-state index contributed by atoms with van der Waals surface area (Å²) in [4.78, 5) is 14.1. The maximum atomic E-state index is 12.8. The Kier molecular flexibility index (Phi) is 5.41. The number of nitrogens with one attached hydrogen (secondary N) is 1. The van der Waals surface area contributed by atoms with Crippen molar-refractivity contribution in [2.24, 2.45) is 0 Å². The van der Waals surface area contributed by atoms with Crippen LogP contribution < -0.4 is 14.4 Å². The number of anilines is 2. The molecule has 2 aromatic carbocycles. The van der Waals surface area contributed by atoms with E-state index in [4.69, 9.17) is 4.74 Å². The fraction of sp³-hybridized carbons (Fsp3) is 0.350. The zero-order valence-electron chi connectivity index (χ0n) is 15.8. The number of rotatable bonds is 5. The Morgan fingerprint density at radius 1 is 1.22 bits per heavy atom. The first-order valence-electron chi connectivity index (χ1n) is 8.96. The van der Waals surface area contributed by atoms with E-state index in [0.29, 0.717) is 30.0 Å². The van der Waals surface area contributed by atoms with E-state index in [2.05, 4.69) is 4.72 Å². The van der Waals surface area contributed by atoms with Gasteiger partial charge in [-0.05, 0) is 67.3 Å². The summed E-state index contributed by atoms with van der Waals surface area (Å²) in [5.74, 6) is 0.694. The lowest BCUT2D eigenvalue weighted by Crippen LogP contribution is -2.34. The van der Waals surface area contributed by atoms with Gasteiger partial charge in [0.2, 0.25) is 5.91 Å². The lowest BCUT2D eigenvalue weighted by molar-refractivity contribution is -0.118. The topological polar surface area (TPSA) is 75.7 Å². The molecule has 0 aliphatic carbocycles. The number of benzene rings is 2. The van der Waals surface area contributed by atoms with Crippen molar-refractivity contribution < 1.29 is 17.9 Å². The Morgan fingerprint density at radius 3 is 2.67 bits per heavy atom. The first-order valence-corrected chi connectivity index (χ1v) is 10.4. The highest BCUT2D eigenvalue weighted by Gasteiger charge is 2.23. The maximum absolute atomic E-state index is 12.8. The van der Waals surface area contributed by atoms with E-state index in [1.54, 1.807) is 37.1 Å². The van der Waals surface area contributed by atoms with Gasteiger partial charge in [-0.1, -0.05) is 6.92 Å². The van der Waals surface area contributed by atoms with Gasteiger partial charge in [-0.3, -0.25) is 9.52 Å². The van der Waals surface area contributed by atoms with Gasteiger partial charge in [-0.2, -0.15) is 0 Å². The van der Waals surface area contributed by atoms with Crippen molar-refractivity contribution in [3.05, 3.63) is 47.5 Å². The molecule has 0 saturated carbocycles. The molecule has 0 fully saturated rings. The van der Waals surface area contributed by atoms with Crippen LogP contribution in [-0.4, -0.2) is 28.0 Å². The third kappa shape index (κ3) is 3.93. The molecule has 0 bridgehead atoms. The van der Waals surface area contributed by atoms with Gasteiger partial charge in [-0.15, -0.1) is 0 Å². The molecular weight excluding hydrogens is 364 g/mol. The van der Waals surface area contributed by atoms with E-state index < -0.39 is 10.0 Å². The number of fused-ring (bicyclic) bond motifs is 1. The monoisotopic (exact) mass is 388 g/mol. The molecule has 0 atom stereocenters. The molecule has 7 heteroatoms. The minimum absolute atomic E-state index is 0.0816. The molecule has 144 valence electrons. The van der Waals surface area contributed by atoms with Crippen LogP contribution in [-0.2, 0) is 21.2 Å². The number of amides is 1. The van der Waals surface area contributed by atoms with Crippen LogP contribution in [0.1, 0.15) is 30.9 Å². The number of sulfonamides is 1. The Morgan fingerprint density at radius 2 is 2.00 bits per heavy atom. The number of carbonyl (C=O) groups is 1. The average Bonchev–Trinajstić information content (AvgIpc) is 2.65. The van der Waals surface area contributed by atoms with Gasteiger partial charge in [0.05, 0.1) is 12.0 Å². The van der Waals surface area contributed by atoms with E-state index in [1.165, 1.54) is 6.07 Å². The normalized spacial score (nSPS) is 13.8. The van der Waals surface area contributed by atoms with Gasteiger partial charge >= 0.3 is 0 Å². The summed E-state index contributed by atoms with van der Waals surface area (Å²) in [5, 5.41) is 0. The van der Waals surface area contributed by atoms with E-state index in [-0.39, 0.29) is 10.8 Å². The van der Waals surface area contributed by atoms with Crippen LogP contribution in [0.4, 0.5) is 11.4 Å². The first kappa shape index (κ1) is 19.2. The summed E-state index contributed by atoms with van der Waals surface area (Å²) in [7, 11) is -2.17. The molecular formula is C20H24N2O4S. The van der Waals surface area contributed by atoms with Crippen LogP contribution >= 0.6 is 0 Å². The third-order valence-electron chi connectivity index (χ3n) is 4.73. The summed E-state index contributed by atoms with van der Waals surface area (Å²) in [6.45, 7) is 4.28. The van der Waals surface area contributed by atoms with E-state index >= 15 is 0 Å². The lowest BCUT2D eigenvalue weighted by Gasteiger charge is -2.29. The number of hydrogen-bond donors (Lipinski definition) is 1. The molecule has 2 aromatic rings. The Balaban J connectivity index is 1.89. The van der Waals surface area contributed by atoms with Crippen molar-refractivity contribution in [3.63, 3.8) is 0 Å². The molecule has 6 nitrogen and oxygen atoms in total. The Hall–Kier alpha value is -2.54. The first-order chi connectivity index (χ1) is 12.9. The number of carbonyl (C=O) groups excluding carboxylic acids is 1. The summed E-state index contributed by atoms with van der Waals surface area (Å²) < 4.78 is 33.4. The molecule has 1 aliphatic rings. The smallest absolute Gasteiger partial charge is 0.262 e. The molecule has 27 heavy (non-hydrogen) atoms. The van der Waals surface area contributed by atoms with E-state index in [0.717, 1.165) is 24.1 Å². The summed E-state index contributed by atoms with van der Waals surface area (Å²) in [5.41, 5.74) is 2.96. The van der Waals surface area contributed by atoms with Crippen molar-refractivity contribution >= 4 is 27.3 Å². The number of hydrogen-bond acceptors (Lipinski definition) is 4. The van der Waals surface area contributed by atoms with Crippen molar-refractivity contribution in [3.8, 4) is 5.75 Å². The van der Waals surface area contributed by atoms with Crippen LogP contribution in [0.15, 0.2) is 41.3 Å². The van der Waals surface area contributed by atoms with Crippen molar-refractivity contribution in [1.82, 2.24) is 0 Å². The maximum Gasteiger partial charge on any atom is 0.262 e. The SMILES string of the molecule is CCC(=O)N1CCCc2cc(NS(=O)(=O)c3ccc(OC)cc3C)ccc21. The van der Waals surface area contributed by atoms with Crippen LogP contribution in [0.25, 0.3) is 0 Å². The molecule has 0 aromatic heterocycles. The molecule has 0 radical (unpaired) electrons. The largest absolute Gasteiger partial charge is 0.497 e. The second-order valence-electron chi connectivity index (χ2n) is 6.58. The summed E-state index contributed by atoms with van der Waals surface area (Å²) >= 11 is 0. The van der Waals surface area contributed by atoms with Gasteiger partial charge in [0, 0.05) is 24.3 Å². The highest BCUT2D eigenvalue weighted by Crippen LogP contribution is 2.31. The molecule has 1 aliphatic heterocycles. The van der Waals surface area contributed by atoms with Crippen LogP contribution in [0.5, 0.6) is 5.75 Å². The van der Waals surface area contributed by atoms with Gasteiger partial charge in [-0.25, -0.2) is 8.42 Å².